The van der Waals surface area contributed by atoms with Crippen molar-refractivity contribution < 1.29 is 0 Å². The number of aromatic nitrogens is 5. The van der Waals surface area contributed by atoms with Gasteiger partial charge in [-0.15, -0.1) is 0 Å². The van der Waals surface area contributed by atoms with Crippen LogP contribution in [-0.4, -0.2) is 24.5 Å². The number of rotatable bonds is 4. The topological polar surface area (TPSA) is 60.6 Å². The van der Waals surface area contributed by atoms with Crippen LogP contribution in [0.1, 0.15) is 24.2 Å². The van der Waals surface area contributed by atoms with Crippen molar-refractivity contribution >= 4 is 5.69 Å². The number of hydrogen-bond acceptors (Lipinski definition) is 4. The summed E-state index contributed by atoms with van der Waals surface area (Å²) < 4.78 is 3.59. The molecule has 3 rings (SSSR count). The van der Waals surface area contributed by atoms with Crippen molar-refractivity contribution in [2.45, 2.75) is 19.9 Å². The molecule has 0 aliphatic carbocycles. The molecule has 3 aromatic rings. The summed E-state index contributed by atoms with van der Waals surface area (Å²) in [6, 6.07) is 5.94. The molecule has 1 unspecified atom stereocenters. The second-order valence-corrected chi connectivity index (χ2v) is 5.03. The molecule has 0 aliphatic rings. The zero-order valence-corrected chi connectivity index (χ0v) is 12.4. The number of nitrogens with one attached hydrogen (secondary N) is 1. The number of hydrogen-bond donors (Lipinski definition) is 1. The molecule has 0 aliphatic heterocycles. The van der Waals surface area contributed by atoms with Crippen LogP contribution in [-0.2, 0) is 7.05 Å². The highest BCUT2D eigenvalue weighted by atomic mass is 15.3. The van der Waals surface area contributed by atoms with E-state index >= 15 is 0 Å². The van der Waals surface area contributed by atoms with Crippen molar-refractivity contribution in [1.29, 1.82) is 0 Å². The van der Waals surface area contributed by atoms with Gasteiger partial charge in [0.1, 0.15) is 0 Å². The summed E-state index contributed by atoms with van der Waals surface area (Å²) >= 11 is 0. The Labute approximate surface area is 123 Å². The number of pyridine rings is 1. The number of anilines is 1. The Bertz CT molecular complexity index is 728. The van der Waals surface area contributed by atoms with Crippen LogP contribution in [0.5, 0.6) is 0 Å². The van der Waals surface area contributed by atoms with E-state index in [0.717, 1.165) is 17.2 Å². The van der Waals surface area contributed by atoms with Crippen molar-refractivity contribution in [2.75, 3.05) is 5.32 Å². The average Bonchev–Trinajstić information content (AvgIpc) is 3.09. The summed E-state index contributed by atoms with van der Waals surface area (Å²) in [5, 5.41) is 12.1. The molecule has 0 fully saturated rings. The first-order valence-corrected chi connectivity index (χ1v) is 6.87. The average molecular weight is 282 g/mol. The summed E-state index contributed by atoms with van der Waals surface area (Å²) in [6.07, 6.45) is 7.43. The maximum atomic E-state index is 4.41. The summed E-state index contributed by atoms with van der Waals surface area (Å²) in [7, 11) is 1.93. The van der Waals surface area contributed by atoms with Gasteiger partial charge in [0.25, 0.3) is 0 Å². The van der Waals surface area contributed by atoms with Crippen molar-refractivity contribution in [1.82, 2.24) is 24.5 Å². The van der Waals surface area contributed by atoms with Gasteiger partial charge in [-0.1, -0.05) is 0 Å². The van der Waals surface area contributed by atoms with Crippen LogP contribution in [0.25, 0.3) is 5.82 Å². The fourth-order valence-electron chi connectivity index (χ4n) is 2.44. The molecule has 6 heteroatoms. The molecule has 0 saturated carbocycles. The molecule has 108 valence electrons. The SMILES string of the molecule is Cc1nn(C)cc1C(C)Nc1cccnc1-n1cccn1. The second kappa shape index (κ2) is 5.40. The van der Waals surface area contributed by atoms with Crippen LogP contribution in [0.2, 0.25) is 0 Å². The minimum absolute atomic E-state index is 0.136. The van der Waals surface area contributed by atoms with E-state index < -0.39 is 0 Å². The molecule has 1 N–H and O–H groups in total. The van der Waals surface area contributed by atoms with Gasteiger partial charge in [-0.25, -0.2) is 9.67 Å². The van der Waals surface area contributed by atoms with E-state index in [1.54, 1.807) is 17.1 Å². The van der Waals surface area contributed by atoms with E-state index in [9.17, 15) is 0 Å². The van der Waals surface area contributed by atoms with Crippen molar-refractivity contribution in [3.8, 4) is 5.82 Å². The summed E-state index contributed by atoms with van der Waals surface area (Å²) in [6.45, 7) is 4.13. The van der Waals surface area contributed by atoms with E-state index in [4.69, 9.17) is 0 Å². The van der Waals surface area contributed by atoms with E-state index in [-0.39, 0.29) is 6.04 Å². The fourth-order valence-corrected chi connectivity index (χ4v) is 2.44. The molecule has 0 amide bonds. The number of nitrogens with zero attached hydrogens (tertiary/aromatic N) is 5. The molecule has 0 spiro atoms. The largest absolute Gasteiger partial charge is 0.375 e. The second-order valence-electron chi connectivity index (χ2n) is 5.03. The minimum Gasteiger partial charge on any atom is -0.375 e. The lowest BCUT2D eigenvalue weighted by Crippen LogP contribution is -2.11. The highest BCUT2D eigenvalue weighted by molar-refractivity contribution is 5.57. The predicted molar refractivity (Wildman–Crippen MR) is 81.3 cm³/mol. The molecule has 0 saturated heterocycles. The lowest BCUT2D eigenvalue weighted by atomic mass is 10.1. The molecular weight excluding hydrogens is 264 g/mol. The highest BCUT2D eigenvalue weighted by Crippen LogP contribution is 2.24. The van der Waals surface area contributed by atoms with Crippen molar-refractivity contribution in [2.24, 2.45) is 7.05 Å². The molecule has 0 aromatic carbocycles. The zero-order valence-electron chi connectivity index (χ0n) is 12.4. The Morgan fingerprint density at radius 3 is 2.76 bits per heavy atom. The Hall–Kier alpha value is -2.63. The zero-order chi connectivity index (χ0) is 14.8. The Morgan fingerprint density at radius 1 is 1.24 bits per heavy atom. The molecule has 0 radical (unpaired) electrons. The fraction of sp³-hybridized carbons (Fsp3) is 0.267. The van der Waals surface area contributed by atoms with Gasteiger partial charge < -0.3 is 5.32 Å². The number of aryl methyl sites for hydroxylation is 2. The Balaban J connectivity index is 1.90. The first kappa shape index (κ1) is 13.4. The van der Waals surface area contributed by atoms with Gasteiger partial charge in [0.05, 0.1) is 17.4 Å². The van der Waals surface area contributed by atoms with Crippen molar-refractivity contribution in [3.63, 3.8) is 0 Å². The summed E-state index contributed by atoms with van der Waals surface area (Å²) in [5.41, 5.74) is 3.15. The molecule has 1 atom stereocenters. The van der Waals surface area contributed by atoms with E-state index in [1.165, 1.54) is 5.56 Å². The Kier molecular flexibility index (Phi) is 3.43. The molecule has 3 heterocycles. The van der Waals surface area contributed by atoms with Gasteiger partial charge in [-0.05, 0) is 32.0 Å². The monoisotopic (exact) mass is 282 g/mol. The van der Waals surface area contributed by atoms with Gasteiger partial charge in [-0.3, -0.25) is 4.68 Å². The first-order valence-electron chi connectivity index (χ1n) is 6.87. The summed E-state index contributed by atoms with van der Waals surface area (Å²) in [4.78, 5) is 4.41. The van der Waals surface area contributed by atoms with Gasteiger partial charge in [0.15, 0.2) is 5.82 Å². The van der Waals surface area contributed by atoms with E-state index in [1.807, 2.05) is 49.2 Å². The lowest BCUT2D eigenvalue weighted by Gasteiger charge is -2.17. The molecule has 21 heavy (non-hydrogen) atoms. The normalized spacial score (nSPS) is 12.3. The molecular formula is C15H18N6. The lowest BCUT2D eigenvalue weighted by molar-refractivity contribution is 0.756. The van der Waals surface area contributed by atoms with E-state index in [2.05, 4.69) is 27.4 Å². The van der Waals surface area contributed by atoms with Crippen LogP contribution < -0.4 is 5.32 Å². The summed E-state index contributed by atoms with van der Waals surface area (Å²) in [5.74, 6) is 0.788. The van der Waals surface area contributed by atoms with E-state index in [0.29, 0.717) is 0 Å². The van der Waals surface area contributed by atoms with Gasteiger partial charge >= 0.3 is 0 Å². The van der Waals surface area contributed by atoms with Crippen LogP contribution in [0.15, 0.2) is 43.0 Å². The van der Waals surface area contributed by atoms with Gasteiger partial charge in [-0.2, -0.15) is 10.2 Å². The molecule has 6 nitrogen and oxygen atoms in total. The maximum Gasteiger partial charge on any atom is 0.176 e. The molecule has 3 aromatic heterocycles. The third-order valence-corrected chi connectivity index (χ3v) is 3.40. The standard InChI is InChI=1S/C15H18N6/c1-11(13-10-20(3)19-12(13)2)18-14-6-4-7-16-15(14)21-9-5-8-17-21/h4-11,18H,1-3H3. The van der Waals surface area contributed by atoms with Crippen LogP contribution in [0.4, 0.5) is 5.69 Å². The maximum absolute atomic E-state index is 4.41. The third-order valence-electron chi connectivity index (χ3n) is 3.40. The first-order chi connectivity index (χ1) is 10.1. The van der Waals surface area contributed by atoms with Crippen LogP contribution >= 0.6 is 0 Å². The third kappa shape index (κ3) is 2.65. The van der Waals surface area contributed by atoms with Gasteiger partial charge in [0, 0.05) is 37.4 Å². The Morgan fingerprint density at radius 2 is 2.10 bits per heavy atom. The van der Waals surface area contributed by atoms with Crippen LogP contribution in [0, 0.1) is 6.92 Å². The van der Waals surface area contributed by atoms with Crippen molar-refractivity contribution in [3.05, 3.63) is 54.2 Å². The highest BCUT2D eigenvalue weighted by Gasteiger charge is 2.14. The molecule has 0 bridgehead atoms. The quantitative estimate of drug-likeness (QED) is 0.798. The predicted octanol–water partition coefficient (Wildman–Crippen LogP) is 2.48. The van der Waals surface area contributed by atoms with Gasteiger partial charge in [0.2, 0.25) is 0 Å². The minimum atomic E-state index is 0.136. The van der Waals surface area contributed by atoms with Crippen LogP contribution in [0.3, 0.4) is 0 Å². The smallest absolute Gasteiger partial charge is 0.176 e.